The number of ether oxygens (including phenoxy) is 1. The standard InChI is InChI=1S/C26H26N4O4S2/c1-19-11-12-22(24(17-19)36(32,33)29-13-15-34-16-14-29)27-25(31)18-35-26-28-21-9-5-6-10-23(21)30(26)20-7-3-2-4-8-20/h2-12,17H,13-16,18H2,1H3,(H,27,31). The van der Waals surface area contributed by atoms with Gasteiger partial charge in [0.25, 0.3) is 0 Å². The van der Waals surface area contributed by atoms with Crippen molar-refractivity contribution in [1.29, 1.82) is 0 Å². The van der Waals surface area contributed by atoms with E-state index in [-0.39, 0.29) is 35.3 Å². The number of carbonyl (C=O) groups excluding carboxylic acids is 1. The fraction of sp³-hybridized carbons (Fsp3) is 0.231. The number of carbonyl (C=O) groups is 1. The van der Waals surface area contributed by atoms with Crippen molar-refractivity contribution in [2.24, 2.45) is 0 Å². The minimum Gasteiger partial charge on any atom is -0.379 e. The number of thioether (sulfide) groups is 1. The maximum absolute atomic E-state index is 13.3. The third-order valence-corrected chi connectivity index (χ3v) is 8.75. The Bertz CT molecular complexity index is 1500. The number of nitrogens with zero attached hydrogens (tertiary/aromatic N) is 3. The highest BCUT2D eigenvalue weighted by molar-refractivity contribution is 7.99. The fourth-order valence-electron chi connectivity index (χ4n) is 4.12. The molecule has 0 radical (unpaired) electrons. The first kappa shape index (κ1) is 24.5. The minimum atomic E-state index is -3.77. The zero-order valence-corrected chi connectivity index (χ0v) is 21.4. The summed E-state index contributed by atoms with van der Waals surface area (Å²) in [7, 11) is -3.77. The van der Waals surface area contributed by atoms with Crippen molar-refractivity contribution in [3.05, 3.63) is 78.4 Å². The van der Waals surface area contributed by atoms with Crippen LogP contribution in [0.4, 0.5) is 5.69 Å². The van der Waals surface area contributed by atoms with Crippen LogP contribution >= 0.6 is 11.8 Å². The summed E-state index contributed by atoms with van der Waals surface area (Å²) in [5.74, 6) is -0.241. The molecule has 4 aromatic rings. The number of hydrogen-bond acceptors (Lipinski definition) is 6. The number of benzene rings is 3. The molecule has 1 N–H and O–H groups in total. The van der Waals surface area contributed by atoms with Gasteiger partial charge in [-0.3, -0.25) is 9.36 Å². The highest BCUT2D eigenvalue weighted by atomic mass is 32.2. The maximum atomic E-state index is 13.3. The Morgan fingerprint density at radius 2 is 1.75 bits per heavy atom. The van der Waals surface area contributed by atoms with Crippen LogP contribution in [0.3, 0.4) is 0 Å². The summed E-state index contributed by atoms with van der Waals surface area (Å²) in [4.78, 5) is 17.8. The summed E-state index contributed by atoms with van der Waals surface area (Å²) in [5.41, 5.74) is 3.80. The van der Waals surface area contributed by atoms with Crippen LogP contribution in [0.1, 0.15) is 5.56 Å². The van der Waals surface area contributed by atoms with Crippen molar-refractivity contribution >= 4 is 44.4 Å². The van der Waals surface area contributed by atoms with Crippen LogP contribution in [0.5, 0.6) is 0 Å². The van der Waals surface area contributed by atoms with E-state index in [4.69, 9.17) is 9.72 Å². The molecular formula is C26H26N4O4S2. The summed E-state index contributed by atoms with van der Waals surface area (Å²) >= 11 is 1.30. The number of imidazole rings is 1. The van der Waals surface area contributed by atoms with Crippen LogP contribution in [0.15, 0.2) is 82.8 Å². The predicted octanol–water partition coefficient (Wildman–Crippen LogP) is 4.09. The van der Waals surface area contributed by atoms with Gasteiger partial charge in [0.2, 0.25) is 15.9 Å². The van der Waals surface area contributed by atoms with Gasteiger partial charge >= 0.3 is 0 Å². The van der Waals surface area contributed by atoms with Crippen molar-refractivity contribution in [1.82, 2.24) is 13.9 Å². The van der Waals surface area contributed by atoms with Gasteiger partial charge in [0, 0.05) is 18.8 Å². The molecule has 36 heavy (non-hydrogen) atoms. The zero-order valence-electron chi connectivity index (χ0n) is 19.8. The van der Waals surface area contributed by atoms with Gasteiger partial charge in [0.1, 0.15) is 4.90 Å². The largest absolute Gasteiger partial charge is 0.379 e. The SMILES string of the molecule is Cc1ccc(NC(=O)CSc2nc3ccccc3n2-c2ccccc2)c(S(=O)(=O)N2CCOCC2)c1. The molecular weight excluding hydrogens is 496 g/mol. The third-order valence-electron chi connectivity index (χ3n) is 5.88. The highest BCUT2D eigenvalue weighted by Crippen LogP contribution is 2.30. The smallest absolute Gasteiger partial charge is 0.245 e. The normalized spacial score (nSPS) is 14.7. The lowest BCUT2D eigenvalue weighted by atomic mass is 10.2. The Balaban J connectivity index is 1.38. The molecule has 2 heterocycles. The molecule has 1 aromatic heterocycles. The van der Waals surface area contributed by atoms with Crippen molar-refractivity contribution < 1.29 is 17.9 Å². The Kier molecular flexibility index (Phi) is 7.10. The summed E-state index contributed by atoms with van der Waals surface area (Å²) in [6, 6.07) is 22.7. The number of rotatable bonds is 7. The highest BCUT2D eigenvalue weighted by Gasteiger charge is 2.29. The number of sulfonamides is 1. The predicted molar refractivity (Wildman–Crippen MR) is 141 cm³/mol. The number of morpholine rings is 1. The Morgan fingerprint density at radius 3 is 2.53 bits per heavy atom. The van der Waals surface area contributed by atoms with Gasteiger partial charge in [-0.15, -0.1) is 0 Å². The average molecular weight is 523 g/mol. The molecule has 1 amide bonds. The number of anilines is 1. The van der Waals surface area contributed by atoms with Crippen LogP contribution < -0.4 is 5.32 Å². The molecule has 0 spiro atoms. The van der Waals surface area contributed by atoms with Gasteiger partial charge in [-0.1, -0.05) is 48.2 Å². The van der Waals surface area contributed by atoms with E-state index < -0.39 is 10.0 Å². The average Bonchev–Trinajstić information content (AvgIpc) is 3.28. The van der Waals surface area contributed by atoms with Crippen LogP contribution in [-0.4, -0.2) is 60.2 Å². The van der Waals surface area contributed by atoms with Crippen LogP contribution in [0, 0.1) is 6.92 Å². The van der Waals surface area contributed by atoms with Gasteiger partial charge in [0.05, 0.1) is 35.7 Å². The molecule has 0 unspecified atom stereocenters. The van der Waals surface area contributed by atoms with E-state index in [1.54, 1.807) is 18.2 Å². The molecule has 5 rings (SSSR count). The molecule has 1 fully saturated rings. The summed E-state index contributed by atoms with van der Waals surface area (Å²) < 4.78 is 35.4. The lowest BCUT2D eigenvalue weighted by Crippen LogP contribution is -2.41. The summed E-state index contributed by atoms with van der Waals surface area (Å²) in [6.07, 6.45) is 0. The molecule has 0 saturated carbocycles. The minimum absolute atomic E-state index is 0.0705. The second-order valence-corrected chi connectivity index (χ2v) is 11.3. The monoisotopic (exact) mass is 522 g/mol. The molecule has 1 aliphatic heterocycles. The van der Waals surface area contributed by atoms with Gasteiger partial charge in [-0.25, -0.2) is 13.4 Å². The van der Waals surface area contributed by atoms with Crippen molar-refractivity contribution in [3.8, 4) is 5.69 Å². The Labute approximate surface area is 214 Å². The number of para-hydroxylation sites is 3. The van der Waals surface area contributed by atoms with E-state index in [0.29, 0.717) is 18.4 Å². The third kappa shape index (κ3) is 5.03. The van der Waals surface area contributed by atoms with Crippen LogP contribution in [0.25, 0.3) is 16.7 Å². The first-order valence-corrected chi connectivity index (χ1v) is 14.0. The lowest BCUT2D eigenvalue weighted by molar-refractivity contribution is -0.113. The first-order chi connectivity index (χ1) is 17.4. The molecule has 1 aliphatic rings. The topological polar surface area (TPSA) is 93.5 Å². The van der Waals surface area contributed by atoms with Gasteiger partial charge in [-0.05, 0) is 48.9 Å². The van der Waals surface area contributed by atoms with Crippen molar-refractivity contribution in [2.75, 3.05) is 37.4 Å². The van der Waals surface area contributed by atoms with Gasteiger partial charge in [0.15, 0.2) is 5.16 Å². The number of fused-ring (bicyclic) bond motifs is 1. The van der Waals surface area contributed by atoms with E-state index in [0.717, 1.165) is 22.3 Å². The number of nitrogens with one attached hydrogen (secondary N) is 1. The molecule has 0 atom stereocenters. The summed E-state index contributed by atoms with van der Waals surface area (Å²) in [5, 5.41) is 3.50. The van der Waals surface area contributed by atoms with Crippen LogP contribution in [0.2, 0.25) is 0 Å². The molecule has 1 saturated heterocycles. The van der Waals surface area contributed by atoms with E-state index >= 15 is 0 Å². The first-order valence-electron chi connectivity index (χ1n) is 11.6. The molecule has 8 nitrogen and oxygen atoms in total. The number of aromatic nitrogens is 2. The van der Waals surface area contributed by atoms with Crippen molar-refractivity contribution in [3.63, 3.8) is 0 Å². The van der Waals surface area contributed by atoms with E-state index in [9.17, 15) is 13.2 Å². The van der Waals surface area contributed by atoms with Crippen LogP contribution in [-0.2, 0) is 19.6 Å². The summed E-state index contributed by atoms with van der Waals surface area (Å²) in [6.45, 7) is 3.11. The molecule has 186 valence electrons. The van der Waals surface area contributed by atoms with E-state index in [1.165, 1.54) is 16.1 Å². The maximum Gasteiger partial charge on any atom is 0.245 e. The lowest BCUT2D eigenvalue weighted by Gasteiger charge is -2.27. The fourth-order valence-corrected chi connectivity index (χ4v) is 6.58. The molecule has 3 aromatic carbocycles. The zero-order chi connectivity index (χ0) is 25.1. The van der Waals surface area contributed by atoms with E-state index in [2.05, 4.69) is 5.32 Å². The van der Waals surface area contributed by atoms with Gasteiger partial charge in [-0.2, -0.15) is 4.31 Å². The number of hydrogen-bond donors (Lipinski definition) is 1. The van der Waals surface area contributed by atoms with Gasteiger partial charge < -0.3 is 10.1 Å². The second-order valence-electron chi connectivity index (χ2n) is 8.41. The molecule has 10 heteroatoms. The Hall–Kier alpha value is -3.18. The number of amides is 1. The van der Waals surface area contributed by atoms with E-state index in [1.807, 2.05) is 66.1 Å². The Morgan fingerprint density at radius 1 is 1.03 bits per heavy atom. The molecule has 0 bridgehead atoms. The molecule has 0 aliphatic carbocycles. The quantitative estimate of drug-likeness (QED) is 0.368. The van der Waals surface area contributed by atoms with Crippen molar-refractivity contribution in [2.45, 2.75) is 17.0 Å². The second kappa shape index (κ2) is 10.4. The number of aryl methyl sites for hydroxylation is 1.